The maximum Gasteiger partial charge on any atom is 0.446 e. The molecule has 10 heteroatoms. The topological polar surface area (TPSA) is 61.4 Å². The van der Waals surface area contributed by atoms with Crippen LogP contribution in [0, 0.1) is 0 Å². The van der Waals surface area contributed by atoms with E-state index in [0.717, 1.165) is 5.82 Å². The lowest BCUT2D eigenvalue weighted by molar-refractivity contribution is -0.0328. The van der Waals surface area contributed by atoms with Crippen LogP contribution in [0.15, 0.2) is 47.8 Å². The van der Waals surface area contributed by atoms with Crippen LogP contribution in [0.1, 0.15) is 0 Å². The molecule has 1 aliphatic heterocycles. The first-order chi connectivity index (χ1) is 12.4. The summed E-state index contributed by atoms with van der Waals surface area (Å²) in [6.07, 6.45) is 4.87. The number of urea groups is 1. The van der Waals surface area contributed by atoms with Crippen LogP contribution < -0.4 is 10.2 Å². The van der Waals surface area contributed by atoms with Gasteiger partial charge in [0.2, 0.25) is 0 Å². The molecule has 1 N–H and O–H groups in total. The Hall–Kier alpha value is -2.49. The van der Waals surface area contributed by atoms with Crippen molar-refractivity contribution < 1.29 is 18.0 Å². The maximum atomic E-state index is 12.5. The van der Waals surface area contributed by atoms with Crippen molar-refractivity contribution in [2.24, 2.45) is 0 Å². The standard InChI is InChI=1S/C16H16F3N5OS/c17-16(18,19)26-13-3-1-2-12(10-13)22-15(25)24-8-6-23(7-9-24)14-11-20-4-5-21-14/h1-5,10-11H,6-9H2,(H,22,25). The fraction of sp³-hybridized carbons (Fsp3) is 0.312. The predicted molar refractivity (Wildman–Crippen MR) is 93.2 cm³/mol. The smallest absolute Gasteiger partial charge is 0.352 e. The van der Waals surface area contributed by atoms with Crippen molar-refractivity contribution >= 4 is 29.3 Å². The minimum absolute atomic E-state index is 0.0303. The molecule has 1 aromatic carbocycles. The number of aromatic nitrogens is 2. The first-order valence-electron chi connectivity index (χ1n) is 7.83. The number of amides is 2. The van der Waals surface area contributed by atoms with Gasteiger partial charge in [-0.3, -0.25) is 4.98 Å². The molecule has 0 saturated carbocycles. The Morgan fingerprint density at radius 1 is 1.15 bits per heavy atom. The zero-order valence-corrected chi connectivity index (χ0v) is 14.4. The molecule has 1 fully saturated rings. The number of carbonyl (C=O) groups is 1. The van der Waals surface area contributed by atoms with Gasteiger partial charge >= 0.3 is 11.5 Å². The molecule has 0 atom stereocenters. The van der Waals surface area contributed by atoms with Crippen LogP contribution in [0.3, 0.4) is 0 Å². The first-order valence-corrected chi connectivity index (χ1v) is 8.65. The zero-order chi connectivity index (χ0) is 18.6. The minimum Gasteiger partial charge on any atom is -0.352 e. The van der Waals surface area contributed by atoms with E-state index in [1.54, 1.807) is 29.6 Å². The van der Waals surface area contributed by atoms with Crippen molar-refractivity contribution in [1.82, 2.24) is 14.9 Å². The summed E-state index contributed by atoms with van der Waals surface area (Å²) in [6.45, 7) is 2.19. The third-order valence-electron chi connectivity index (χ3n) is 3.76. The third-order valence-corrected chi connectivity index (χ3v) is 4.48. The minimum atomic E-state index is -4.36. The number of rotatable bonds is 3. The van der Waals surface area contributed by atoms with Crippen LogP contribution in [0.4, 0.5) is 29.5 Å². The second kappa shape index (κ2) is 7.81. The van der Waals surface area contributed by atoms with E-state index in [1.165, 1.54) is 18.2 Å². The summed E-state index contributed by atoms with van der Waals surface area (Å²) in [5, 5.41) is 2.65. The van der Waals surface area contributed by atoms with Gasteiger partial charge in [0.1, 0.15) is 5.82 Å². The molecule has 1 aliphatic rings. The van der Waals surface area contributed by atoms with Crippen molar-refractivity contribution in [3.05, 3.63) is 42.9 Å². The molecule has 0 radical (unpaired) electrons. The molecule has 0 unspecified atom stereocenters. The second-order valence-electron chi connectivity index (χ2n) is 5.54. The van der Waals surface area contributed by atoms with Crippen LogP contribution in [-0.4, -0.2) is 52.6 Å². The fourth-order valence-corrected chi connectivity index (χ4v) is 3.17. The second-order valence-corrected chi connectivity index (χ2v) is 6.68. The highest BCUT2D eigenvalue weighted by molar-refractivity contribution is 8.00. The molecule has 2 heterocycles. The van der Waals surface area contributed by atoms with Crippen molar-refractivity contribution in [2.45, 2.75) is 10.4 Å². The number of hydrogen-bond donors (Lipinski definition) is 1. The van der Waals surface area contributed by atoms with E-state index in [-0.39, 0.29) is 22.7 Å². The lowest BCUT2D eigenvalue weighted by Gasteiger charge is -2.35. The van der Waals surface area contributed by atoms with Crippen LogP contribution in [-0.2, 0) is 0 Å². The highest BCUT2D eigenvalue weighted by Crippen LogP contribution is 2.37. The van der Waals surface area contributed by atoms with Crippen molar-refractivity contribution in [3.8, 4) is 0 Å². The molecule has 2 aromatic rings. The summed E-state index contributed by atoms with van der Waals surface area (Å²) in [5.74, 6) is 0.754. The number of piperazine rings is 1. The molecule has 0 aliphatic carbocycles. The van der Waals surface area contributed by atoms with Gasteiger partial charge < -0.3 is 15.1 Å². The summed E-state index contributed by atoms with van der Waals surface area (Å²) in [7, 11) is 0. The van der Waals surface area contributed by atoms with E-state index in [0.29, 0.717) is 31.9 Å². The molecule has 1 aromatic heterocycles. The summed E-state index contributed by atoms with van der Waals surface area (Å²) < 4.78 is 37.4. The van der Waals surface area contributed by atoms with Gasteiger partial charge in [0, 0.05) is 49.2 Å². The Kier molecular flexibility index (Phi) is 5.50. The summed E-state index contributed by atoms with van der Waals surface area (Å²) in [4.78, 5) is 24.3. The van der Waals surface area contributed by atoms with E-state index in [9.17, 15) is 18.0 Å². The molecule has 0 spiro atoms. The molecule has 0 bridgehead atoms. The van der Waals surface area contributed by atoms with Crippen LogP contribution in [0.5, 0.6) is 0 Å². The number of hydrogen-bond acceptors (Lipinski definition) is 5. The molecule has 2 amide bonds. The number of alkyl halides is 3. The number of carbonyl (C=O) groups excluding carboxylic acids is 1. The number of anilines is 2. The van der Waals surface area contributed by atoms with Gasteiger partial charge in [-0.05, 0) is 30.0 Å². The predicted octanol–water partition coefficient (Wildman–Crippen LogP) is 3.44. The number of nitrogens with one attached hydrogen (secondary N) is 1. The van der Waals surface area contributed by atoms with Crippen molar-refractivity contribution in [3.63, 3.8) is 0 Å². The van der Waals surface area contributed by atoms with Gasteiger partial charge in [-0.15, -0.1) is 0 Å². The normalized spacial score (nSPS) is 15.0. The number of thioether (sulfide) groups is 1. The van der Waals surface area contributed by atoms with E-state index in [4.69, 9.17) is 0 Å². The van der Waals surface area contributed by atoms with Gasteiger partial charge in [0.05, 0.1) is 6.20 Å². The fourth-order valence-electron chi connectivity index (χ4n) is 2.57. The first kappa shape index (κ1) is 18.3. The zero-order valence-electron chi connectivity index (χ0n) is 13.6. The van der Waals surface area contributed by atoms with Gasteiger partial charge in [-0.1, -0.05) is 6.07 Å². The highest BCUT2D eigenvalue weighted by atomic mass is 32.2. The lowest BCUT2D eigenvalue weighted by Crippen LogP contribution is -2.50. The Labute approximate surface area is 152 Å². The maximum absolute atomic E-state index is 12.5. The Morgan fingerprint density at radius 2 is 1.92 bits per heavy atom. The largest absolute Gasteiger partial charge is 0.446 e. The highest BCUT2D eigenvalue weighted by Gasteiger charge is 2.29. The molecule has 26 heavy (non-hydrogen) atoms. The van der Waals surface area contributed by atoms with Gasteiger partial charge in [-0.2, -0.15) is 13.2 Å². The molecular weight excluding hydrogens is 367 g/mol. The van der Waals surface area contributed by atoms with Crippen molar-refractivity contribution in [1.29, 1.82) is 0 Å². The molecule has 1 saturated heterocycles. The average molecular weight is 383 g/mol. The monoisotopic (exact) mass is 383 g/mol. The van der Waals surface area contributed by atoms with Crippen LogP contribution >= 0.6 is 11.8 Å². The quantitative estimate of drug-likeness (QED) is 0.823. The van der Waals surface area contributed by atoms with Crippen LogP contribution in [0.2, 0.25) is 0 Å². The third kappa shape index (κ3) is 5.01. The van der Waals surface area contributed by atoms with E-state index < -0.39 is 5.51 Å². The SMILES string of the molecule is O=C(Nc1cccc(SC(F)(F)F)c1)N1CCN(c2cnccn2)CC1. The number of nitrogens with zero attached hydrogens (tertiary/aromatic N) is 4. The molecule has 3 rings (SSSR count). The molecule has 6 nitrogen and oxygen atoms in total. The van der Waals surface area contributed by atoms with Crippen LogP contribution in [0.25, 0.3) is 0 Å². The van der Waals surface area contributed by atoms with E-state index >= 15 is 0 Å². The Morgan fingerprint density at radius 3 is 2.58 bits per heavy atom. The van der Waals surface area contributed by atoms with E-state index in [2.05, 4.69) is 15.3 Å². The summed E-state index contributed by atoms with van der Waals surface area (Å²) in [5.41, 5.74) is -4.03. The summed E-state index contributed by atoms with van der Waals surface area (Å²) in [6, 6.07) is 5.38. The molecule has 138 valence electrons. The average Bonchev–Trinajstić information content (AvgIpc) is 2.61. The number of halogens is 3. The van der Waals surface area contributed by atoms with Gasteiger partial charge in [0.15, 0.2) is 0 Å². The Bertz CT molecular complexity index is 751. The summed E-state index contributed by atoms with van der Waals surface area (Å²) >= 11 is -0.209. The number of benzene rings is 1. The van der Waals surface area contributed by atoms with Crippen molar-refractivity contribution in [2.75, 3.05) is 36.4 Å². The van der Waals surface area contributed by atoms with E-state index in [1.807, 2.05) is 4.90 Å². The van der Waals surface area contributed by atoms with Gasteiger partial charge in [0.25, 0.3) is 0 Å². The lowest BCUT2D eigenvalue weighted by atomic mass is 10.3. The van der Waals surface area contributed by atoms with Gasteiger partial charge in [-0.25, -0.2) is 9.78 Å². The Balaban J connectivity index is 1.55. The molecular formula is C16H16F3N5OS.